The molecule has 0 radical (unpaired) electrons. The Kier molecular flexibility index (Phi) is 10.0. The number of pyridine rings is 1. The Morgan fingerprint density at radius 2 is 1.71 bits per heavy atom. The maximum Gasteiger partial charge on any atom is 0.137 e. The molecule has 1 aromatic carbocycles. The van der Waals surface area contributed by atoms with Gasteiger partial charge in [-0.1, -0.05) is 70.2 Å². The summed E-state index contributed by atoms with van der Waals surface area (Å²) in [6, 6.07) is 11.8. The number of nitrogens with zero attached hydrogens (tertiary/aromatic N) is 4. The lowest BCUT2D eigenvalue weighted by Crippen LogP contribution is -2.09. The van der Waals surface area contributed by atoms with Crippen LogP contribution >= 0.6 is 0 Å². The predicted octanol–water partition coefficient (Wildman–Crippen LogP) is 6.02. The molecule has 0 atom stereocenters. The number of nitrogens with two attached hydrogens (primary N) is 1. The minimum Gasteiger partial charge on any atom is -0.383 e. The molecule has 1 aliphatic carbocycles. The van der Waals surface area contributed by atoms with Crippen molar-refractivity contribution in [1.29, 1.82) is 0 Å². The lowest BCUT2D eigenvalue weighted by Gasteiger charge is -2.18. The van der Waals surface area contributed by atoms with Crippen LogP contribution in [0.2, 0.25) is 0 Å². The van der Waals surface area contributed by atoms with Gasteiger partial charge in [-0.25, -0.2) is 4.98 Å². The zero-order valence-electron chi connectivity index (χ0n) is 20.6. The monoisotopic (exact) mass is 458 g/mol. The molecular formula is C28H38N6. The first kappa shape index (κ1) is 25.4. The summed E-state index contributed by atoms with van der Waals surface area (Å²) in [4.78, 5) is 12.7. The Morgan fingerprint density at radius 1 is 1.03 bits per heavy atom. The maximum atomic E-state index is 5.59. The number of benzene rings is 1. The molecule has 6 heteroatoms. The highest BCUT2D eigenvalue weighted by Gasteiger charge is 2.09. The van der Waals surface area contributed by atoms with Gasteiger partial charge in [-0.2, -0.15) is 0 Å². The lowest BCUT2D eigenvalue weighted by molar-refractivity contribution is 0.349. The van der Waals surface area contributed by atoms with Crippen molar-refractivity contribution >= 4 is 16.7 Å². The van der Waals surface area contributed by atoms with Gasteiger partial charge in [0.25, 0.3) is 0 Å². The minimum atomic E-state index is 0.549. The normalized spacial score (nSPS) is 13.5. The van der Waals surface area contributed by atoms with E-state index in [0.717, 1.165) is 39.6 Å². The molecular weight excluding hydrogens is 420 g/mol. The third-order valence-electron chi connectivity index (χ3n) is 6.05. The van der Waals surface area contributed by atoms with Crippen molar-refractivity contribution in [2.24, 2.45) is 11.7 Å². The Hall–Kier alpha value is -3.25. The van der Waals surface area contributed by atoms with Crippen LogP contribution in [0.15, 0.2) is 73.5 Å². The number of hydrogen-bond acceptors (Lipinski definition) is 5. The van der Waals surface area contributed by atoms with Crippen LogP contribution in [0.4, 0.5) is 0 Å². The van der Waals surface area contributed by atoms with E-state index in [1.807, 2.05) is 60.1 Å². The molecule has 0 bridgehead atoms. The zero-order valence-corrected chi connectivity index (χ0v) is 20.6. The van der Waals surface area contributed by atoms with Gasteiger partial charge in [0.2, 0.25) is 0 Å². The molecule has 1 aliphatic rings. The summed E-state index contributed by atoms with van der Waals surface area (Å²) in [5, 5.41) is 3.16. The highest BCUT2D eigenvalue weighted by atomic mass is 15.0. The van der Waals surface area contributed by atoms with Gasteiger partial charge in [0.1, 0.15) is 5.65 Å². The molecule has 0 saturated heterocycles. The van der Waals surface area contributed by atoms with Gasteiger partial charge >= 0.3 is 0 Å². The summed E-state index contributed by atoms with van der Waals surface area (Å²) in [6.07, 6.45) is 16.3. The standard InChI is InChI=1S/C12H16N4.C8H6N2.C8H16/c1-9(2)14-6-11-8-16-7-10(5-13)3-4-12(16)15-11;1-2-4-8-7(3-1)9-5-6-10-8;1-2-8-6-4-3-5-7-8/h3-4,7-8,14H,1,5-6,13H2,2H3;1-6H;8H,2-7H2,1H3. The number of rotatable bonds is 5. The molecule has 0 amide bonds. The quantitative estimate of drug-likeness (QED) is 0.382. The van der Waals surface area contributed by atoms with Crippen molar-refractivity contribution in [3.8, 4) is 0 Å². The topological polar surface area (TPSA) is 81.1 Å². The number of nitrogens with one attached hydrogen (secondary N) is 1. The van der Waals surface area contributed by atoms with Crippen LogP contribution in [0.25, 0.3) is 16.7 Å². The number of imidazole rings is 1. The number of hydrogen-bond donors (Lipinski definition) is 2. The summed E-state index contributed by atoms with van der Waals surface area (Å²) >= 11 is 0. The van der Waals surface area contributed by atoms with Gasteiger partial charge in [0, 0.05) is 37.0 Å². The molecule has 1 saturated carbocycles. The van der Waals surface area contributed by atoms with Crippen molar-refractivity contribution in [3.05, 3.63) is 84.7 Å². The minimum absolute atomic E-state index is 0.549. The van der Waals surface area contributed by atoms with E-state index in [1.165, 1.54) is 38.5 Å². The highest BCUT2D eigenvalue weighted by Crippen LogP contribution is 2.25. The Bertz CT molecular complexity index is 1090. The molecule has 3 heterocycles. The second kappa shape index (κ2) is 13.5. The predicted molar refractivity (Wildman–Crippen MR) is 141 cm³/mol. The summed E-state index contributed by atoms with van der Waals surface area (Å²) in [7, 11) is 0. The van der Waals surface area contributed by atoms with Crippen LogP contribution < -0.4 is 11.1 Å². The highest BCUT2D eigenvalue weighted by molar-refractivity contribution is 5.72. The molecule has 0 unspecified atom stereocenters. The van der Waals surface area contributed by atoms with Crippen molar-refractivity contribution in [2.45, 2.75) is 65.5 Å². The van der Waals surface area contributed by atoms with Crippen molar-refractivity contribution in [3.63, 3.8) is 0 Å². The summed E-state index contributed by atoms with van der Waals surface area (Å²) in [5.41, 5.74) is 11.5. The zero-order chi connectivity index (χ0) is 24.2. The summed E-state index contributed by atoms with van der Waals surface area (Å²) in [5.74, 6) is 1.09. The Balaban J connectivity index is 0.000000154. The number of aromatic nitrogens is 4. The van der Waals surface area contributed by atoms with Gasteiger partial charge in [-0.05, 0) is 36.6 Å². The summed E-state index contributed by atoms with van der Waals surface area (Å²) < 4.78 is 2.00. The fourth-order valence-electron chi connectivity index (χ4n) is 4.04. The molecule has 3 N–H and O–H groups in total. The van der Waals surface area contributed by atoms with E-state index >= 15 is 0 Å². The largest absolute Gasteiger partial charge is 0.383 e. The maximum absolute atomic E-state index is 5.59. The van der Waals surface area contributed by atoms with E-state index in [4.69, 9.17) is 5.73 Å². The van der Waals surface area contributed by atoms with Crippen molar-refractivity contribution in [1.82, 2.24) is 24.7 Å². The number of allylic oxidation sites excluding steroid dienone is 1. The number of para-hydroxylation sites is 2. The van der Waals surface area contributed by atoms with E-state index in [2.05, 4.69) is 33.8 Å². The van der Waals surface area contributed by atoms with E-state index in [-0.39, 0.29) is 0 Å². The van der Waals surface area contributed by atoms with E-state index in [1.54, 1.807) is 12.4 Å². The molecule has 34 heavy (non-hydrogen) atoms. The van der Waals surface area contributed by atoms with Crippen LogP contribution in [0.5, 0.6) is 0 Å². The van der Waals surface area contributed by atoms with E-state index < -0.39 is 0 Å². The van der Waals surface area contributed by atoms with Gasteiger partial charge in [0.05, 0.1) is 23.3 Å². The first-order valence-electron chi connectivity index (χ1n) is 12.3. The molecule has 6 nitrogen and oxygen atoms in total. The van der Waals surface area contributed by atoms with Gasteiger partial charge < -0.3 is 15.5 Å². The van der Waals surface area contributed by atoms with Gasteiger partial charge in [-0.3, -0.25) is 9.97 Å². The molecule has 0 spiro atoms. The second-order valence-electron chi connectivity index (χ2n) is 8.83. The molecule has 5 rings (SSSR count). The molecule has 1 fully saturated rings. The smallest absolute Gasteiger partial charge is 0.137 e. The van der Waals surface area contributed by atoms with Crippen molar-refractivity contribution < 1.29 is 0 Å². The SMILES string of the molecule is C=C(C)NCc1cn2cc(CN)ccc2n1.CCC1CCCCC1.c1ccc2nccnc2c1. The average Bonchev–Trinajstić information content (AvgIpc) is 3.31. The van der Waals surface area contributed by atoms with Crippen LogP contribution in [0.3, 0.4) is 0 Å². The Morgan fingerprint density at radius 3 is 2.26 bits per heavy atom. The first-order chi connectivity index (χ1) is 16.6. The fourth-order valence-corrected chi connectivity index (χ4v) is 4.04. The van der Waals surface area contributed by atoms with Crippen LogP contribution in [-0.4, -0.2) is 19.4 Å². The molecule has 3 aromatic heterocycles. The lowest BCUT2D eigenvalue weighted by atomic mass is 9.88. The van der Waals surface area contributed by atoms with E-state index in [0.29, 0.717) is 13.1 Å². The molecule has 4 aromatic rings. The van der Waals surface area contributed by atoms with Crippen LogP contribution in [0.1, 0.15) is 63.6 Å². The third-order valence-corrected chi connectivity index (χ3v) is 6.05. The Labute approximate surface area is 203 Å². The van der Waals surface area contributed by atoms with Gasteiger partial charge in [0.15, 0.2) is 0 Å². The van der Waals surface area contributed by atoms with E-state index in [9.17, 15) is 0 Å². The summed E-state index contributed by atoms with van der Waals surface area (Å²) in [6.45, 7) is 9.29. The van der Waals surface area contributed by atoms with Gasteiger partial charge in [-0.15, -0.1) is 0 Å². The fraction of sp³-hybridized carbons (Fsp3) is 0.393. The first-order valence-corrected chi connectivity index (χ1v) is 12.3. The molecule has 180 valence electrons. The second-order valence-corrected chi connectivity index (χ2v) is 8.83. The third kappa shape index (κ3) is 7.96. The van der Waals surface area contributed by atoms with Crippen LogP contribution in [-0.2, 0) is 13.1 Å². The van der Waals surface area contributed by atoms with Crippen LogP contribution in [0, 0.1) is 5.92 Å². The average molecular weight is 459 g/mol. The molecule has 0 aliphatic heterocycles. The van der Waals surface area contributed by atoms with Crippen molar-refractivity contribution in [2.75, 3.05) is 0 Å². The number of fused-ring (bicyclic) bond motifs is 2.